The van der Waals surface area contributed by atoms with Gasteiger partial charge in [-0.05, 0) is 24.6 Å². The second-order valence-electron chi connectivity index (χ2n) is 4.23. The Bertz CT molecular complexity index is 645. The van der Waals surface area contributed by atoms with Crippen molar-refractivity contribution in [2.75, 3.05) is 7.11 Å². The van der Waals surface area contributed by atoms with Crippen molar-refractivity contribution in [3.8, 4) is 17.1 Å². The fourth-order valence-electron chi connectivity index (χ4n) is 1.73. The molecule has 0 aliphatic heterocycles. The maximum absolute atomic E-state index is 13.2. The lowest BCUT2D eigenvalue weighted by Gasteiger charge is -2.08. The maximum Gasteiger partial charge on any atom is 0.276 e. The monoisotopic (exact) mass is 311 g/mol. The van der Waals surface area contributed by atoms with E-state index in [1.807, 2.05) is 0 Å². The molecule has 5 nitrogen and oxygen atoms in total. The van der Waals surface area contributed by atoms with Crippen LogP contribution in [-0.2, 0) is 0 Å². The zero-order chi connectivity index (χ0) is 15.4. The quantitative estimate of drug-likeness (QED) is 0.859. The van der Waals surface area contributed by atoms with E-state index in [1.165, 1.54) is 7.11 Å². The van der Waals surface area contributed by atoms with E-state index in [2.05, 4.69) is 10.3 Å². The molecule has 0 aliphatic rings. The average molecular weight is 312 g/mol. The Hall–Kier alpha value is -2.08. The average Bonchev–Trinajstić information content (AvgIpc) is 2.96. The molecule has 2 aromatic rings. The number of hydrogen-bond donors (Lipinski definition) is 1. The molecule has 0 spiro atoms. The molecule has 1 heterocycles. The first-order valence-electron chi connectivity index (χ1n) is 6.29. The number of benzene rings is 1. The molecule has 1 atom stereocenters. The van der Waals surface area contributed by atoms with Gasteiger partial charge in [-0.1, -0.05) is 18.5 Å². The summed E-state index contributed by atoms with van der Waals surface area (Å²) in [6.07, 6.45) is -0.129. The van der Waals surface area contributed by atoms with Gasteiger partial charge >= 0.3 is 0 Å². The van der Waals surface area contributed by atoms with Crippen LogP contribution in [-0.4, -0.2) is 24.3 Å². The van der Waals surface area contributed by atoms with Gasteiger partial charge in [-0.3, -0.25) is 4.79 Å². The molecule has 0 radical (unpaired) electrons. The molecule has 0 bridgehead atoms. The normalized spacial score (nSPS) is 12.0. The topological polar surface area (TPSA) is 64.4 Å². The summed E-state index contributed by atoms with van der Waals surface area (Å²) in [6, 6.07) is 4.91. The molecular weight excluding hydrogens is 298 g/mol. The molecule has 1 N–H and O–H groups in total. The smallest absolute Gasteiger partial charge is 0.276 e. The van der Waals surface area contributed by atoms with E-state index in [9.17, 15) is 9.18 Å². The number of aromatic nitrogens is 1. The standard InChI is InChI=1S/C14H14ClFN2O3/c1-3-11(16)18-14(19)12-13(21-7-17-12)8-4-5-10(20-2)9(15)6-8/h4-7,11H,3H2,1-2H3,(H,18,19)/i16-1. The highest BCUT2D eigenvalue weighted by Gasteiger charge is 2.21. The van der Waals surface area contributed by atoms with Crippen molar-refractivity contribution < 1.29 is 18.3 Å². The van der Waals surface area contributed by atoms with Crippen molar-refractivity contribution >= 4 is 17.5 Å². The van der Waals surface area contributed by atoms with Crippen LogP contribution < -0.4 is 10.1 Å². The number of nitrogens with zero attached hydrogens (tertiary/aromatic N) is 1. The van der Waals surface area contributed by atoms with Crippen molar-refractivity contribution in [2.24, 2.45) is 0 Å². The van der Waals surface area contributed by atoms with Gasteiger partial charge < -0.3 is 14.5 Å². The van der Waals surface area contributed by atoms with Gasteiger partial charge in [-0.15, -0.1) is 0 Å². The van der Waals surface area contributed by atoms with Gasteiger partial charge in [0.25, 0.3) is 5.91 Å². The maximum atomic E-state index is 13.2. The summed E-state index contributed by atoms with van der Waals surface area (Å²) >= 11 is 6.04. The summed E-state index contributed by atoms with van der Waals surface area (Å²) in [4.78, 5) is 15.8. The van der Waals surface area contributed by atoms with Crippen LogP contribution in [0.25, 0.3) is 11.3 Å². The zero-order valence-corrected chi connectivity index (χ0v) is 12.3. The van der Waals surface area contributed by atoms with Crippen molar-refractivity contribution in [3.63, 3.8) is 0 Å². The van der Waals surface area contributed by atoms with Crippen LogP contribution in [0.2, 0.25) is 5.02 Å². The molecule has 0 saturated carbocycles. The van der Waals surface area contributed by atoms with Gasteiger partial charge in [0, 0.05) is 5.56 Å². The highest BCUT2D eigenvalue weighted by atomic mass is 35.5. The summed E-state index contributed by atoms with van der Waals surface area (Å²) in [5.41, 5.74) is 0.558. The number of nitrogens with one attached hydrogen (secondary N) is 1. The van der Waals surface area contributed by atoms with E-state index >= 15 is 0 Å². The van der Waals surface area contributed by atoms with Crippen LogP contribution >= 0.6 is 11.6 Å². The van der Waals surface area contributed by atoms with Crippen molar-refractivity contribution in [1.82, 2.24) is 10.3 Å². The number of alkyl halides is 1. The second-order valence-corrected chi connectivity index (χ2v) is 4.64. The number of rotatable bonds is 5. The summed E-state index contributed by atoms with van der Waals surface area (Å²) in [7, 11) is 1.50. The van der Waals surface area contributed by atoms with Gasteiger partial charge in [-0.2, -0.15) is 0 Å². The first kappa shape index (κ1) is 15.3. The predicted octanol–water partition coefficient (Wildman–Crippen LogP) is 3.44. The van der Waals surface area contributed by atoms with Gasteiger partial charge in [0.1, 0.15) is 5.75 Å². The molecule has 7 heteroatoms. The van der Waals surface area contributed by atoms with Crippen LogP contribution in [0.4, 0.5) is 4.39 Å². The van der Waals surface area contributed by atoms with Crippen LogP contribution in [0.3, 0.4) is 0 Å². The van der Waals surface area contributed by atoms with Crippen molar-refractivity contribution in [3.05, 3.63) is 35.3 Å². The summed E-state index contributed by atoms with van der Waals surface area (Å²) in [6.45, 7) is 1.62. The molecule has 1 aromatic carbocycles. The van der Waals surface area contributed by atoms with E-state index < -0.39 is 12.2 Å². The van der Waals surface area contributed by atoms with Crippen LogP contribution in [0, 0.1) is 0 Å². The molecule has 0 saturated heterocycles. The van der Waals surface area contributed by atoms with Gasteiger partial charge in [-0.25, -0.2) is 9.37 Å². The first-order chi connectivity index (χ1) is 10.1. The molecule has 0 aliphatic carbocycles. The predicted molar refractivity (Wildman–Crippen MR) is 76.2 cm³/mol. The number of amides is 1. The number of carbonyl (C=O) groups excluding carboxylic acids is 1. The molecule has 1 unspecified atom stereocenters. The zero-order valence-electron chi connectivity index (χ0n) is 11.5. The SMILES string of the molecule is CCC([18F])NC(=O)c1ncoc1-c1ccc(OC)c(Cl)c1. The van der Waals surface area contributed by atoms with Gasteiger partial charge in [0.05, 0.1) is 12.1 Å². The minimum absolute atomic E-state index is 0.00679. The lowest BCUT2D eigenvalue weighted by Crippen LogP contribution is -2.31. The van der Waals surface area contributed by atoms with E-state index in [0.717, 1.165) is 6.39 Å². The summed E-state index contributed by atoms with van der Waals surface area (Å²) in [5.74, 6) is 0.0844. The minimum Gasteiger partial charge on any atom is -0.495 e. The fourth-order valence-corrected chi connectivity index (χ4v) is 1.99. The van der Waals surface area contributed by atoms with Crippen LogP contribution in [0.15, 0.2) is 29.0 Å². The minimum atomic E-state index is -1.43. The third-order valence-electron chi connectivity index (χ3n) is 2.84. The van der Waals surface area contributed by atoms with Gasteiger partial charge in [0.15, 0.2) is 24.1 Å². The number of ether oxygens (including phenoxy) is 1. The molecular formula is C14H14ClFN2O3. The molecule has 1 amide bonds. The van der Waals surface area contributed by atoms with E-state index in [1.54, 1.807) is 25.1 Å². The molecule has 21 heavy (non-hydrogen) atoms. The molecule has 112 valence electrons. The van der Waals surface area contributed by atoms with Crippen LogP contribution in [0.1, 0.15) is 23.8 Å². The highest BCUT2D eigenvalue weighted by Crippen LogP contribution is 2.31. The molecule has 2 rings (SSSR count). The second kappa shape index (κ2) is 6.58. The Morgan fingerprint density at radius 2 is 2.33 bits per heavy atom. The third kappa shape index (κ3) is 3.33. The van der Waals surface area contributed by atoms with Gasteiger partial charge in [0.2, 0.25) is 0 Å². The first-order valence-corrected chi connectivity index (χ1v) is 6.67. The lowest BCUT2D eigenvalue weighted by atomic mass is 10.1. The largest absolute Gasteiger partial charge is 0.495 e. The number of oxazole rings is 1. The fraction of sp³-hybridized carbons (Fsp3) is 0.286. The third-order valence-corrected chi connectivity index (χ3v) is 3.14. The molecule has 0 fully saturated rings. The van der Waals surface area contributed by atoms with Crippen molar-refractivity contribution in [1.29, 1.82) is 0 Å². The van der Waals surface area contributed by atoms with Crippen molar-refractivity contribution in [2.45, 2.75) is 19.6 Å². The lowest BCUT2D eigenvalue weighted by molar-refractivity contribution is 0.0888. The number of methoxy groups -OCH3 is 1. The van der Waals surface area contributed by atoms with E-state index in [0.29, 0.717) is 16.3 Å². The molecule has 1 aromatic heterocycles. The Labute approximate surface area is 126 Å². The number of carbonyl (C=O) groups is 1. The Morgan fingerprint density at radius 3 is 2.95 bits per heavy atom. The summed E-state index contributed by atoms with van der Waals surface area (Å²) in [5, 5.41) is 2.56. The Morgan fingerprint density at radius 1 is 1.57 bits per heavy atom. The van der Waals surface area contributed by atoms with E-state index in [4.69, 9.17) is 20.8 Å². The Kier molecular flexibility index (Phi) is 4.80. The summed E-state index contributed by atoms with van der Waals surface area (Å²) < 4.78 is 23.5. The van der Waals surface area contributed by atoms with E-state index in [-0.39, 0.29) is 17.9 Å². The highest BCUT2D eigenvalue weighted by molar-refractivity contribution is 6.32. The van der Waals surface area contributed by atoms with Crippen LogP contribution in [0.5, 0.6) is 5.75 Å². The Balaban J connectivity index is 2.32. The number of halogens is 2. The number of hydrogen-bond acceptors (Lipinski definition) is 4.